The SMILES string of the molecule is Cc1cc(CNCc2nnc(C)n2C)no1. The fourth-order valence-electron chi connectivity index (χ4n) is 1.41. The van der Waals surface area contributed by atoms with Crippen LogP contribution in [0.25, 0.3) is 0 Å². The van der Waals surface area contributed by atoms with E-state index >= 15 is 0 Å². The summed E-state index contributed by atoms with van der Waals surface area (Å²) in [5, 5.41) is 15.2. The Hall–Kier alpha value is -1.69. The van der Waals surface area contributed by atoms with Crippen LogP contribution in [0.4, 0.5) is 0 Å². The van der Waals surface area contributed by atoms with Crippen molar-refractivity contribution in [1.82, 2.24) is 25.2 Å². The molecule has 0 aliphatic rings. The average molecular weight is 221 g/mol. The molecule has 0 aliphatic heterocycles. The summed E-state index contributed by atoms with van der Waals surface area (Å²) in [6.07, 6.45) is 0. The van der Waals surface area contributed by atoms with Crippen LogP contribution in [0.15, 0.2) is 10.6 Å². The van der Waals surface area contributed by atoms with Crippen molar-refractivity contribution in [2.24, 2.45) is 7.05 Å². The molecule has 0 bridgehead atoms. The Kier molecular flexibility index (Phi) is 3.00. The van der Waals surface area contributed by atoms with E-state index in [2.05, 4.69) is 20.7 Å². The number of aryl methyl sites for hydroxylation is 2. The van der Waals surface area contributed by atoms with Crippen molar-refractivity contribution < 1.29 is 4.52 Å². The lowest BCUT2D eigenvalue weighted by molar-refractivity contribution is 0.388. The molecule has 0 radical (unpaired) electrons. The second-order valence-corrected chi connectivity index (χ2v) is 3.75. The predicted molar refractivity (Wildman–Crippen MR) is 57.5 cm³/mol. The van der Waals surface area contributed by atoms with Gasteiger partial charge in [-0.15, -0.1) is 10.2 Å². The summed E-state index contributed by atoms with van der Waals surface area (Å²) in [7, 11) is 1.95. The van der Waals surface area contributed by atoms with Crippen molar-refractivity contribution in [2.75, 3.05) is 0 Å². The number of hydrogen-bond donors (Lipinski definition) is 1. The monoisotopic (exact) mass is 221 g/mol. The van der Waals surface area contributed by atoms with E-state index in [1.165, 1.54) is 0 Å². The predicted octanol–water partition coefficient (Wildman–Crippen LogP) is 0.710. The number of hydrogen-bond acceptors (Lipinski definition) is 5. The topological polar surface area (TPSA) is 68.8 Å². The minimum atomic E-state index is 0.670. The van der Waals surface area contributed by atoms with Gasteiger partial charge in [-0.1, -0.05) is 5.16 Å². The lowest BCUT2D eigenvalue weighted by atomic mass is 10.4. The summed E-state index contributed by atoms with van der Waals surface area (Å²) in [6, 6.07) is 1.91. The molecule has 2 heterocycles. The molecule has 0 unspecified atom stereocenters. The summed E-state index contributed by atoms with van der Waals surface area (Å²) in [6.45, 7) is 5.15. The van der Waals surface area contributed by atoms with Gasteiger partial charge in [-0.05, 0) is 13.8 Å². The highest BCUT2D eigenvalue weighted by Crippen LogP contribution is 2.02. The number of rotatable bonds is 4. The van der Waals surface area contributed by atoms with Gasteiger partial charge in [0, 0.05) is 19.7 Å². The van der Waals surface area contributed by atoms with Crippen LogP contribution in [0.2, 0.25) is 0 Å². The van der Waals surface area contributed by atoms with Gasteiger partial charge in [0.05, 0.1) is 12.2 Å². The molecule has 0 fully saturated rings. The zero-order valence-corrected chi connectivity index (χ0v) is 9.69. The first-order valence-electron chi connectivity index (χ1n) is 5.14. The molecule has 16 heavy (non-hydrogen) atoms. The van der Waals surface area contributed by atoms with Crippen LogP contribution in [0.1, 0.15) is 23.1 Å². The van der Waals surface area contributed by atoms with Crippen LogP contribution < -0.4 is 5.32 Å². The van der Waals surface area contributed by atoms with Crippen LogP contribution in [-0.2, 0) is 20.1 Å². The van der Waals surface area contributed by atoms with Crippen LogP contribution >= 0.6 is 0 Å². The van der Waals surface area contributed by atoms with Crippen molar-refractivity contribution in [3.8, 4) is 0 Å². The molecule has 86 valence electrons. The molecule has 2 aromatic heterocycles. The van der Waals surface area contributed by atoms with Crippen molar-refractivity contribution >= 4 is 0 Å². The standard InChI is InChI=1S/C10H15N5O/c1-7-4-9(14-16-7)5-11-6-10-13-12-8(2)15(10)3/h4,11H,5-6H2,1-3H3. The molecule has 0 atom stereocenters. The highest BCUT2D eigenvalue weighted by molar-refractivity contribution is 5.03. The van der Waals surface area contributed by atoms with Crippen LogP contribution in [0.3, 0.4) is 0 Å². The number of nitrogens with one attached hydrogen (secondary N) is 1. The molecule has 0 aliphatic carbocycles. The lowest BCUT2D eigenvalue weighted by Gasteiger charge is -2.02. The first-order chi connectivity index (χ1) is 7.66. The van der Waals surface area contributed by atoms with Crippen molar-refractivity contribution in [2.45, 2.75) is 26.9 Å². The second-order valence-electron chi connectivity index (χ2n) is 3.75. The maximum absolute atomic E-state index is 4.97. The molecule has 2 aromatic rings. The van der Waals surface area contributed by atoms with E-state index in [1.807, 2.05) is 31.5 Å². The van der Waals surface area contributed by atoms with Crippen molar-refractivity contribution in [3.05, 3.63) is 29.2 Å². The minimum Gasteiger partial charge on any atom is -0.361 e. The van der Waals surface area contributed by atoms with Crippen molar-refractivity contribution in [3.63, 3.8) is 0 Å². The fourth-order valence-corrected chi connectivity index (χ4v) is 1.41. The summed E-state index contributed by atoms with van der Waals surface area (Å²) in [5.41, 5.74) is 0.899. The van der Waals surface area contributed by atoms with Gasteiger partial charge < -0.3 is 14.4 Å². The molecular weight excluding hydrogens is 206 g/mol. The number of nitrogens with zero attached hydrogens (tertiary/aromatic N) is 4. The molecule has 2 rings (SSSR count). The minimum absolute atomic E-state index is 0.670. The van der Waals surface area contributed by atoms with Gasteiger partial charge in [0.2, 0.25) is 0 Å². The van der Waals surface area contributed by atoms with Crippen LogP contribution in [-0.4, -0.2) is 19.9 Å². The van der Waals surface area contributed by atoms with Crippen LogP contribution in [0.5, 0.6) is 0 Å². The van der Waals surface area contributed by atoms with Gasteiger partial charge in [-0.3, -0.25) is 0 Å². The Morgan fingerprint density at radius 2 is 2.12 bits per heavy atom. The van der Waals surface area contributed by atoms with Crippen molar-refractivity contribution in [1.29, 1.82) is 0 Å². The van der Waals surface area contributed by atoms with E-state index < -0.39 is 0 Å². The van der Waals surface area contributed by atoms with E-state index in [9.17, 15) is 0 Å². The second kappa shape index (κ2) is 4.44. The Morgan fingerprint density at radius 3 is 2.69 bits per heavy atom. The normalized spacial score (nSPS) is 10.9. The maximum Gasteiger partial charge on any atom is 0.146 e. The van der Waals surface area contributed by atoms with E-state index in [4.69, 9.17) is 4.52 Å². The summed E-state index contributed by atoms with van der Waals surface area (Å²) in [5.74, 6) is 2.65. The van der Waals surface area contributed by atoms with E-state index in [0.29, 0.717) is 13.1 Å². The fraction of sp³-hybridized carbons (Fsp3) is 0.500. The maximum atomic E-state index is 4.97. The third kappa shape index (κ3) is 2.27. The first kappa shape index (κ1) is 10.8. The van der Waals surface area contributed by atoms with Crippen LogP contribution in [0, 0.1) is 13.8 Å². The lowest BCUT2D eigenvalue weighted by Crippen LogP contribution is -2.16. The molecule has 0 spiro atoms. The Bertz CT molecular complexity index is 473. The highest BCUT2D eigenvalue weighted by Gasteiger charge is 2.05. The summed E-state index contributed by atoms with van der Waals surface area (Å²) < 4.78 is 6.93. The first-order valence-corrected chi connectivity index (χ1v) is 5.14. The zero-order chi connectivity index (χ0) is 11.5. The Labute approximate surface area is 93.7 Å². The smallest absolute Gasteiger partial charge is 0.146 e. The van der Waals surface area contributed by atoms with Gasteiger partial charge in [0.15, 0.2) is 0 Å². The summed E-state index contributed by atoms with van der Waals surface area (Å²) in [4.78, 5) is 0. The van der Waals surface area contributed by atoms with Gasteiger partial charge in [-0.25, -0.2) is 0 Å². The third-order valence-corrected chi connectivity index (χ3v) is 2.45. The number of aromatic nitrogens is 4. The largest absolute Gasteiger partial charge is 0.361 e. The molecule has 0 saturated carbocycles. The molecule has 6 nitrogen and oxygen atoms in total. The van der Waals surface area contributed by atoms with Gasteiger partial charge in [-0.2, -0.15) is 0 Å². The van der Waals surface area contributed by atoms with E-state index in [0.717, 1.165) is 23.1 Å². The average Bonchev–Trinajstić information content (AvgIpc) is 2.79. The molecule has 0 saturated heterocycles. The Balaban J connectivity index is 1.86. The van der Waals surface area contributed by atoms with E-state index in [-0.39, 0.29) is 0 Å². The molecule has 1 N–H and O–H groups in total. The summed E-state index contributed by atoms with van der Waals surface area (Å²) >= 11 is 0. The zero-order valence-electron chi connectivity index (χ0n) is 9.69. The third-order valence-electron chi connectivity index (χ3n) is 2.45. The van der Waals surface area contributed by atoms with E-state index in [1.54, 1.807) is 0 Å². The molecule has 0 aromatic carbocycles. The quantitative estimate of drug-likeness (QED) is 0.823. The van der Waals surface area contributed by atoms with Gasteiger partial charge in [0.25, 0.3) is 0 Å². The Morgan fingerprint density at radius 1 is 1.31 bits per heavy atom. The molecule has 0 amide bonds. The van der Waals surface area contributed by atoms with Gasteiger partial charge >= 0.3 is 0 Å². The highest BCUT2D eigenvalue weighted by atomic mass is 16.5. The molecule has 6 heteroatoms. The molecular formula is C10H15N5O. The van der Waals surface area contributed by atoms with Gasteiger partial charge in [0.1, 0.15) is 17.4 Å².